The first-order chi connectivity index (χ1) is 17.6. The number of fused-ring (bicyclic) bond motifs is 2. The maximum absolute atomic E-state index is 12.0. The van der Waals surface area contributed by atoms with E-state index in [1.165, 1.54) is 0 Å². The van der Waals surface area contributed by atoms with Crippen molar-refractivity contribution in [3.8, 4) is 6.07 Å². The lowest BCUT2D eigenvalue weighted by Crippen LogP contribution is -2.35. The minimum Gasteiger partial charge on any atom is -0.495 e. The third-order valence-electron chi connectivity index (χ3n) is 7.08. The van der Waals surface area contributed by atoms with Gasteiger partial charge in [0.15, 0.2) is 5.88 Å². The molecule has 9 heteroatoms. The van der Waals surface area contributed by atoms with Gasteiger partial charge in [0.25, 0.3) is 5.56 Å². The van der Waals surface area contributed by atoms with Crippen LogP contribution in [0.5, 0.6) is 0 Å². The summed E-state index contributed by atoms with van der Waals surface area (Å²) in [5, 5.41) is 19.8. The number of hydrogen-bond acceptors (Lipinski definition) is 6. The molecule has 1 saturated carbocycles. The number of aryl methyl sites for hydroxylation is 1. The molecule has 5 N–H and O–H groups in total. The number of rotatable bonds is 5. The Hall–Kier alpha value is -3.80. The van der Waals surface area contributed by atoms with Gasteiger partial charge in [-0.2, -0.15) is 5.26 Å². The maximum Gasteiger partial charge on any atom is 0.251 e. The number of nitrogens with two attached hydrogens (primary N) is 1. The fourth-order valence-corrected chi connectivity index (χ4v) is 4.87. The van der Waals surface area contributed by atoms with Crippen molar-refractivity contribution in [1.29, 1.82) is 5.26 Å². The number of nitriles is 1. The molecule has 1 aliphatic carbocycles. The Balaban J connectivity index is 0.000000239. The zero-order valence-electron chi connectivity index (χ0n) is 23.3. The van der Waals surface area contributed by atoms with Crippen LogP contribution < -0.4 is 16.6 Å². The van der Waals surface area contributed by atoms with E-state index in [2.05, 4.69) is 62.1 Å². The molecule has 1 aliphatic heterocycles. The second-order valence-electron chi connectivity index (χ2n) is 11.9. The van der Waals surface area contributed by atoms with E-state index in [4.69, 9.17) is 10.4 Å². The van der Waals surface area contributed by atoms with Crippen molar-refractivity contribution in [2.45, 2.75) is 60.4 Å². The summed E-state index contributed by atoms with van der Waals surface area (Å²) < 4.78 is 0. The highest BCUT2D eigenvalue weighted by atomic mass is 16.3. The van der Waals surface area contributed by atoms with Gasteiger partial charge in [-0.25, -0.2) is 0 Å². The van der Waals surface area contributed by atoms with Crippen molar-refractivity contribution in [1.82, 2.24) is 15.2 Å². The van der Waals surface area contributed by atoms with Gasteiger partial charge in [-0.05, 0) is 59.8 Å². The number of aliphatic hydroxyl groups is 1. The maximum atomic E-state index is 12.0. The molecule has 0 spiro atoms. The Morgan fingerprint density at radius 2 is 1.92 bits per heavy atom. The van der Waals surface area contributed by atoms with Crippen molar-refractivity contribution in [2.24, 2.45) is 28.4 Å². The predicted octanol–water partition coefficient (Wildman–Crippen LogP) is 3.53. The topological polar surface area (TPSA) is 152 Å². The summed E-state index contributed by atoms with van der Waals surface area (Å²) >= 11 is 0. The number of aromatic amines is 1. The van der Waals surface area contributed by atoms with Gasteiger partial charge in [-0.1, -0.05) is 46.2 Å². The Kier molecular flexibility index (Phi) is 9.74. The highest BCUT2D eigenvalue weighted by molar-refractivity contribution is 5.79. The lowest BCUT2D eigenvalue weighted by molar-refractivity contribution is -0.132. The van der Waals surface area contributed by atoms with Crippen molar-refractivity contribution in [3.05, 3.63) is 58.2 Å². The van der Waals surface area contributed by atoms with E-state index in [9.17, 15) is 14.4 Å². The molecule has 206 valence electrons. The van der Waals surface area contributed by atoms with E-state index < -0.39 is 6.04 Å². The smallest absolute Gasteiger partial charge is 0.251 e. The van der Waals surface area contributed by atoms with E-state index in [1.54, 1.807) is 6.07 Å². The number of hydrogen-bond donors (Lipinski definition) is 4. The monoisotopic (exact) mass is 523 g/mol. The van der Waals surface area contributed by atoms with Crippen LogP contribution in [-0.4, -0.2) is 46.4 Å². The molecule has 0 bridgehead atoms. The van der Waals surface area contributed by atoms with Crippen molar-refractivity contribution in [2.75, 3.05) is 13.1 Å². The molecule has 2 unspecified atom stereocenters. The molecular formula is C29H41N5O4. The van der Waals surface area contributed by atoms with Crippen molar-refractivity contribution < 1.29 is 14.7 Å². The van der Waals surface area contributed by atoms with Gasteiger partial charge in [-0.3, -0.25) is 14.4 Å². The number of benzene rings is 1. The van der Waals surface area contributed by atoms with Gasteiger partial charge in [0.1, 0.15) is 6.04 Å². The van der Waals surface area contributed by atoms with E-state index in [-0.39, 0.29) is 23.3 Å². The van der Waals surface area contributed by atoms with Crippen molar-refractivity contribution >= 4 is 23.2 Å². The van der Waals surface area contributed by atoms with Crippen LogP contribution in [0.25, 0.3) is 10.9 Å². The fourth-order valence-electron chi connectivity index (χ4n) is 4.87. The standard InChI is InChI=1S/C14H13N3O2.C13H23NO.C2H5NO/c1-9-2-3-13-10(4-9)5-11(14(19)17-13)6-12(7-15)16-8-18;1-12(2,3)6-11(15)14-7-9-10(8-14)13(9,4)5;1-2(3)4/h2-5,8,12H,6H2,1H3,(H,16,18)(H,17,19);9-10H,6-8H2,1-5H3;4H,1,3H2/t;9-,10?;/m.0./s1. The van der Waals surface area contributed by atoms with E-state index >= 15 is 0 Å². The number of nitrogens with zero attached hydrogens (tertiary/aromatic N) is 2. The number of likely N-dealkylation sites (tertiary alicyclic amines) is 1. The zero-order valence-corrected chi connectivity index (χ0v) is 23.3. The number of aliphatic hydroxyl groups excluding tert-OH is 1. The molecule has 9 nitrogen and oxygen atoms in total. The molecule has 1 saturated heterocycles. The van der Waals surface area contributed by atoms with Crippen LogP contribution in [0.15, 0.2) is 41.5 Å². The van der Waals surface area contributed by atoms with Gasteiger partial charge in [0.2, 0.25) is 12.3 Å². The molecule has 2 heterocycles. The minimum atomic E-state index is -0.694. The fraction of sp³-hybridized carbons (Fsp3) is 0.517. The Bertz CT molecular complexity index is 1250. The molecule has 2 amide bonds. The lowest BCUT2D eigenvalue weighted by atomic mass is 9.91. The number of H-pyrrole nitrogens is 1. The first kappa shape index (κ1) is 30.4. The van der Waals surface area contributed by atoms with Crippen LogP contribution >= 0.6 is 0 Å². The SMILES string of the molecule is C=C(N)O.CC(C)(C)CC(=O)N1CC2[C@H](C1)C2(C)C.Cc1ccc2[nH]c(=O)c(CC(C#N)NC=O)cc2c1. The lowest BCUT2D eigenvalue weighted by Gasteiger charge is -2.26. The highest BCUT2D eigenvalue weighted by Gasteiger charge is 2.62. The number of piperidine rings is 1. The number of nitrogens with one attached hydrogen (secondary N) is 2. The summed E-state index contributed by atoms with van der Waals surface area (Å²) in [7, 11) is 0. The average Bonchev–Trinajstić information content (AvgIpc) is 3.12. The van der Waals surface area contributed by atoms with E-state index in [1.807, 2.05) is 31.2 Å². The quantitative estimate of drug-likeness (QED) is 0.347. The molecule has 0 radical (unpaired) electrons. The number of amides is 2. The summed E-state index contributed by atoms with van der Waals surface area (Å²) in [6.07, 6.45) is 1.34. The molecule has 1 aromatic heterocycles. The van der Waals surface area contributed by atoms with E-state index in [0.717, 1.165) is 41.4 Å². The van der Waals surface area contributed by atoms with Gasteiger partial charge in [0.05, 0.1) is 6.07 Å². The van der Waals surface area contributed by atoms with E-state index in [0.29, 0.717) is 29.7 Å². The molecule has 2 aromatic rings. The first-order valence-corrected chi connectivity index (χ1v) is 12.7. The van der Waals surface area contributed by atoms with Gasteiger partial charge in [-0.15, -0.1) is 0 Å². The summed E-state index contributed by atoms with van der Waals surface area (Å²) in [4.78, 5) is 39.1. The van der Waals surface area contributed by atoms with Crippen LogP contribution in [0.2, 0.25) is 0 Å². The zero-order chi connectivity index (χ0) is 28.8. The molecular weight excluding hydrogens is 482 g/mol. The van der Waals surface area contributed by atoms with Crippen LogP contribution in [-0.2, 0) is 16.0 Å². The number of pyridine rings is 1. The number of carbonyl (C=O) groups excluding carboxylic acids is 2. The molecule has 3 atom stereocenters. The molecule has 2 aliphatic rings. The third kappa shape index (κ3) is 8.37. The summed E-state index contributed by atoms with van der Waals surface area (Å²) in [6, 6.07) is 8.74. The average molecular weight is 524 g/mol. The van der Waals surface area contributed by atoms with Crippen molar-refractivity contribution in [3.63, 3.8) is 0 Å². The Morgan fingerprint density at radius 3 is 2.42 bits per heavy atom. The van der Waals surface area contributed by atoms with Gasteiger partial charge >= 0.3 is 0 Å². The third-order valence-corrected chi connectivity index (χ3v) is 7.08. The van der Waals surface area contributed by atoms with Gasteiger partial charge in [0, 0.05) is 37.0 Å². The largest absolute Gasteiger partial charge is 0.495 e. The molecule has 1 aromatic carbocycles. The molecule has 38 heavy (non-hydrogen) atoms. The number of aromatic nitrogens is 1. The first-order valence-electron chi connectivity index (χ1n) is 12.7. The van der Waals surface area contributed by atoms with Crippen LogP contribution in [0, 0.1) is 40.9 Å². The van der Waals surface area contributed by atoms with Crippen LogP contribution in [0.3, 0.4) is 0 Å². The Labute approximate surface area is 224 Å². The normalized spacial score (nSPS) is 19.4. The summed E-state index contributed by atoms with van der Waals surface area (Å²) in [6.45, 7) is 17.9. The predicted molar refractivity (Wildman–Crippen MR) is 149 cm³/mol. The summed E-state index contributed by atoms with van der Waals surface area (Å²) in [5.74, 6) is 1.58. The second-order valence-corrected chi connectivity index (χ2v) is 11.9. The second kappa shape index (κ2) is 12.2. The van der Waals surface area contributed by atoms with Crippen LogP contribution in [0.1, 0.15) is 52.2 Å². The number of carbonyl (C=O) groups is 2. The Morgan fingerprint density at radius 1 is 1.34 bits per heavy atom. The summed E-state index contributed by atoms with van der Waals surface area (Å²) in [5.41, 5.74) is 7.21. The molecule has 2 fully saturated rings. The molecule has 4 rings (SSSR count). The highest BCUT2D eigenvalue weighted by Crippen LogP contribution is 2.62. The van der Waals surface area contributed by atoms with Crippen LogP contribution in [0.4, 0.5) is 0 Å². The minimum absolute atomic E-state index is 0.124. The van der Waals surface area contributed by atoms with Gasteiger partial charge < -0.3 is 26.0 Å².